The Kier molecular flexibility index (Phi) is 4.40. The zero-order chi connectivity index (χ0) is 14.8. The van der Waals surface area contributed by atoms with Crippen LogP contribution in [0.4, 0.5) is 8.78 Å². The molecule has 0 aromatic carbocycles. The minimum Gasteiger partial charge on any atom is -0.353 e. The molecule has 0 radical (unpaired) electrons. The normalized spacial score (nSPS) is 25.1. The van der Waals surface area contributed by atoms with Crippen molar-refractivity contribution in [3.05, 3.63) is 12.7 Å². The second-order valence-electron chi connectivity index (χ2n) is 5.57. The van der Waals surface area contributed by atoms with Crippen LogP contribution in [0.1, 0.15) is 25.7 Å². The van der Waals surface area contributed by atoms with E-state index in [2.05, 4.69) is 11.9 Å². The number of hydrogen-bond donors (Lipinski definition) is 1. The fourth-order valence-corrected chi connectivity index (χ4v) is 2.62. The summed E-state index contributed by atoms with van der Waals surface area (Å²) in [5, 5.41) is 2.72. The van der Waals surface area contributed by atoms with E-state index in [0.717, 1.165) is 19.3 Å². The lowest BCUT2D eigenvalue weighted by Gasteiger charge is -2.32. The molecule has 0 bridgehead atoms. The molecule has 1 saturated carbocycles. The summed E-state index contributed by atoms with van der Waals surface area (Å²) in [5.74, 6) is -4.00. The molecule has 1 atom stereocenters. The molecule has 20 heavy (non-hydrogen) atoms. The predicted octanol–water partition coefficient (Wildman–Crippen LogP) is 1.57. The van der Waals surface area contributed by atoms with Gasteiger partial charge >= 0.3 is 0 Å². The zero-order valence-corrected chi connectivity index (χ0v) is 11.4. The molecule has 2 rings (SSSR count). The summed E-state index contributed by atoms with van der Waals surface area (Å²) in [4.78, 5) is 24.3. The highest BCUT2D eigenvalue weighted by Gasteiger charge is 2.62. The summed E-state index contributed by atoms with van der Waals surface area (Å²) in [6.45, 7) is 5.05. The molecule has 4 nitrogen and oxygen atoms in total. The van der Waals surface area contributed by atoms with E-state index in [-0.39, 0.29) is 12.3 Å². The molecule has 2 fully saturated rings. The van der Waals surface area contributed by atoms with Gasteiger partial charge in [-0.05, 0) is 31.3 Å². The molecule has 1 N–H and O–H groups in total. The van der Waals surface area contributed by atoms with Crippen LogP contribution in [0.2, 0.25) is 0 Å². The van der Waals surface area contributed by atoms with Gasteiger partial charge in [-0.1, -0.05) is 6.58 Å². The molecule has 1 saturated heterocycles. The number of nitrogens with zero attached hydrogens (tertiary/aromatic N) is 1. The Morgan fingerprint density at radius 2 is 1.95 bits per heavy atom. The number of amides is 2. The number of carbonyl (C=O) groups excluding carboxylic acids is 2. The highest BCUT2D eigenvalue weighted by Crippen LogP contribution is 2.49. The molecular formula is C14H20F2N2O2. The first-order valence-corrected chi connectivity index (χ1v) is 7.01. The maximum absolute atomic E-state index is 12.9. The largest absolute Gasteiger partial charge is 0.353 e. The Bertz CT molecular complexity index is 404. The topological polar surface area (TPSA) is 49.4 Å². The van der Waals surface area contributed by atoms with Gasteiger partial charge in [-0.25, -0.2) is 8.78 Å². The molecule has 0 aromatic rings. The van der Waals surface area contributed by atoms with Gasteiger partial charge in [0.2, 0.25) is 11.8 Å². The Morgan fingerprint density at radius 1 is 1.35 bits per heavy atom. The third-order valence-electron chi connectivity index (χ3n) is 4.09. The van der Waals surface area contributed by atoms with E-state index in [4.69, 9.17) is 0 Å². The predicted molar refractivity (Wildman–Crippen MR) is 70.2 cm³/mol. The van der Waals surface area contributed by atoms with Gasteiger partial charge in [0.25, 0.3) is 5.92 Å². The van der Waals surface area contributed by atoms with Crippen molar-refractivity contribution in [2.24, 2.45) is 11.8 Å². The van der Waals surface area contributed by atoms with Gasteiger partial charge in [0.05, 0.1) is 0 Å². The van der Waals surface area contributed by atoms with E-state index >= 15 is 0 Å². The fraction of sp³-hybridized carbons (Fsp3) is 0.714. The zero-order valence-electron chi connectivity index (χ0n) is 11.4. The third-order valence-corrected chi connectivity index (χ3v) is 4.09. The molecule has 2 amide bonds. The Morgan fingerprint density at radius 3 is 2.45 bits per heavy atom. The maximum atomic E-state index is 12.9. The molecule has 2 aliphatic rings. The molecule has 6 heteroatoms. The average molecular weight is 286 g/mol. The maximum Gasteiger partial charge on any atom is 0.260 e. The average Bonchev–Trinajstić information content (AvgIpc) is 3.07. The first-order valence-electron chi connectivity index (χ1n) is 7.01. The summed E-state index contributed by atoms with van der Waals surface area (Å²) in [6, 6.07) is 0. The molecular weight excluding hydrogens is 266 g/mol. The third kappa shape index (κ3) is 3.55. The minimum absolute atomic E-state index is 0.187. The van der Waals surface area contributed by atoms with E-state index in [1.54, 1.807) is 4.90 Å². The van der Waals surface area contributed by atoms with Crippen molar-refractivity contribution >= 4 is 11.8 Å². The van der Waals surface area contributed by atoms with Crippen LogP contribution in [-0.4, -0.2) is 42.3 Å². The Labute approximate surface area is 117 Å². The number of nitrogens with one attached hydrogen (secondary N) is 1. The Balaban J connectivity index is 1.66. The number of rotatable bonds is 5. The lowest BCUT2D eigenvalue weighted by molar-refractivity contribution is -0.136. The molecule has 1 heterocycles. The summed E-state index contributed by atoms with van der Waals surface area (Å²) in [5.41, 5.74) is 0. The minimum atomic E-state index is -2.77. The van der Waals surface area contributed by atoms with E-state index in [1.165, 1.54) is 6.08 Å². The Hall–Kier alpha value is -1.46. The second-order valence-corrected chi connectivity index (χ2v) is 5.57. The molecule has 1 aliphatic carbocycles. The number of hydrogen-bond acceptors (Lipinski definition) is 2. The van der Waals surface area contributed by atoms with Gasteiger partial charge in [-0.15, -0.1) is 0 Å². The van der Waals surface area contributed by atoms with Gasteiger partial charge < -0.3 is 10.2 Å². The van der Waals surface area contributed by atoms with Crippen LogP contribution in [-0.2, 0) is 9.59 Å². The van der Waals surface area contributed by atoms with Crippen LogP contribution in [0.5, 0.6) is 0 Å². The lowest BCUT2D eigenvalue weighted by Crippen LogP contribution is -2.40. The van der Waals surface area contributed by atoms with Crippen molar-refractivity contribution in [1.82, 2.24) is 10.2 Å². The molecule has 0 aromatic heterocycles. The van der Waals surface area contributed by atoms with Crippen molar-refractivity contribution in [3.8, 4) is 0 Å². The standard InChI is InChI=1S/C14H20F2N2O2/c1-2-12(19)17-6-3-10-4-7-18(8-5-10)13(20)11-9-14(11,15)16/h2,10-11H,1,3-9H2,(H,17,19)/t11-/m0/s1. The summed E-state index contributed by atoms with van der Waals surface area (Å²) in [7, 11) is 0. The summed E-state index contributed by atoms with van der Waals surface area (Å²) >= 11 is 0. The van der Waals surface area contributed by atoms with E-state index < -0.39 is 17.7 Å². The highest BCUT2D eigenvalue weighted by molar-refractivity contribution is 5.86. The fourth-order valence-electron chi connectivity index (χ4n) is 2.62. The van der Waals surface area contributed by atoms with Gasteiger partial charge in [0.15, 0.2) is 0 Å². The van der Waals surface area contributed by atoms with Crippen LogP contribution in [0.3, 0.4) is 0 Å². The highest BCUT2D eigenvalue weighted by atomic mass is 19.3. The van der Waals surface area contributed by atoms with Crippen molar-refractivity contribution in [2.45, 2.75) is 31.6 Å². The molecule has 0 spiro atoms. The quantitative estimate of drug-likeness (QED) is 0.780. The molecule has 1 aliphatic heterocycles. The first-order chi connectivity index (χ1) is 9.44. The van der Waals surface area contributed by atoms with E-state index in [0.29, 0.717) is 25.6 Å². The van der Waals surface area contributed by atoms with Crippen LogP contribution < -0.4 is 5.32 Å². The van der Waals surface area contributed by atoms with E-state index in [9.17, 15) is 18.4 Å². The van der Waals surface area contributed by atoms with Crippen LogP contribution >= 0.6 is 0 Å². The van der Waals surface area contributed by atoms with Crippen molar-refractivity contribution in [1.29, 1.82) is 0 Å². The van der Waals surface area contributed by atoms with Crippen molar-refractivity contribution < 1.29 is 18.4 Å². The molecule has 0 unspecified atom stereocenters. The van der Waals surface area contributed by atoms with Crippen LogP contribution in [0, 0.1) is 11.8 Å². The SMILES string of the molecule is C=CC(=O)NCCC1CCN(C(=O)[C@@H]2CC2(F)F)CC1. The number of piperidine rings is 1. The van der Waals surface area contributed by atoms with E-state index in [1.807, 2.05) is 0 Å². The van der Waals surface area contributed by atoms with Crippen LogP contribution in [0.15, 0.2) is 12.7 Å². The van der Waals surface area contributed by atoms with Gasteiger partial charge in [-0.2, -0.15) is 0 Å². The summed E-state index contributed by atoms with van der Waals surface area (Å²) in [6.07, 6.45) is 3.42. The number of likely N-dealkylation sites (tertiary alicyclic amines) is 1. The first kappa shape index (κ1) is 14.9. The monoisotopic (exact) mass is 286 g/mol. The van der Waals surface area contributed by atoms with Gasteiger partial charge in [0, 0.05) is 26.1 Å². The van der Waals surface area contributed by atoms with Gasteiger partial charge in [0.1, 0.15) is 5.92 Å². The number of halogens is 2. The van der Waals surface area contributed by atoms with Crippen molar-refractivity contribution in [2.75, 3.05) is 19.6 Å². The summed E-state index contributed by atoms with van der Waals surface area (Å²) < 4.78 is 25.7. The number of carbonyl (C=O) groups is 2. The van der Waals surface area contributed by atoms with Crippen LogP contribution in [0.25, 0.3) is 0 Å². The smallest absolute Gasteiger partial charge is 0.260 e. The lowest BCUT2D eigenvalue weighted by atomic mass is 9.93. The molecule has 112 valence electrons. The van der Waals surface area contributed by atoms with Crippen molar-refractivity contribution in [3.63, 3.8) is 0 Å². The second kappa shape index (κ2) is 5.89. The van der Waals surface area contributed by atoms with Gasteiger partial charge in [-0.3, -0.25) is 9.59 Å². The number of alkyl halides is 2.